The summed E-state index contributed by atoms with van der Waals surface area (Å²) >= 11 is 0. The van der Waals surface area contributed by atoms with Crippen molar-refractivity contribution in [2.24, 2.45) is 0 Å². The number of hydrogen-bond acceptors (Lipinski definition) is 10. The molecule has 0 radical (unpaired) electrons. The summed E-state index contributed by atoms with van der Waals surface area (Å²) < 4.78 is 18.0. The lowest BCUT2D eigenvalue weighted by Gasteiger charge is -2.35. The SMILES string of the molecule is CCCCOP(=O)(O)C[C@H](NC(=O)c1cc(NC)nc(-c2ccccc2)n1)C(=O)N1CCN(OC(=O)O)CC1. The van der Waals surface area contributed by atoms with Gasteiger partial charge in [0.1, 0.15) is 17.6 Å². The summed E-state index contributed by atoms with van der Waals surface area (Å²) in [6, 6.07) is 9.00. The Kier molecular flexibility index (Phi) is 10.8. The van der Waals surface area contributed by atoms with Crippen molar-refractivity contribution in [1.82, 2.24) is 25.2 Å². The smallest absolute Gasteiger partial charge is 0.448 e. The van der Waals surface area contributed by atoms with Crippen LogP contribution in [0.15, 0.2) is 36.4 Å². The molecule has 4 N–H and O–H groups in total. The van der Waals surface area contributed by atoms with E-state index in [1.165, 1.54) is 16.0 Å². The van der Waals surface area contributed by atoms with E-state index in [0.717, 1.165) is 6.42 Å². The quantitative estimate of drug-likeness (QED) is 0.218. The lowest BCUT2D eigenvalue weighted by Crippen LogP contribution is -2.56. The number of piperazine rings is 1. The van der Waals surface area contributed by atoms with E-state index in [1.54, 1.807) is 31.3 Å². The van der Waals surface area contributed by atoms with Gasteiger partial charge < -0.3 is 34.9 Å². The highest BCUT2D eigenvalue weighted by atomic mass is 31.2. The van der Waals surface area contributed by atoms with Crippen LogP contribution in [-0.4, -0.2) is 99.9 Å². The third kappa shape index (κ3) is 8.99. The highest BCUT2D eigenvalue weighted by molar-refractivity contribution is 7.52. The maximum atomic E-state index is 13.4. The van der Waals surface area contributed by atoms with Gasteiger partial charge in [-0.05, 0) is 6.42 Å². The number of nitrogens with zero attached hydrogens (tertiary/aromatic N) is 4. The van der Waals surface area contributed by atoms with Crippen LogP contribution in [0, 0.1) is 0 Å². The number of carbonyl (C=O) groups excluding carboxylic acids is 2. The Hall–Kier alpha value is -3.58. The Labute approximate surface area is 225 Å². The molecule has 2 atom stereocenters. The normalized spacial score (nSPS) is 16.1. The monoisotopic (exact) mass is 564 g/mol. The van der Waals surface area contributed by atoms with Gasteiger partial charge in [-0.1, -0.05) is 43.7 Å². The Morgan fingerprint density at radius 3 is 2.44 bits per heavy atom. The van der Waals surface area contributed by atoms with E-state index >= 15 is 0 Å². The van der Waals surface area contributed by atoms with Crippen LogP contribution >= 0.6 is 7.60 Å². The summed E-state index contributed by atoms with van der Waals surface area (Å²) in [5.74, 6) is -0.716. The molecule has 2 amide bonds. The van der Waals surface area contributed by atoms with Crippen LogP contribution < -0.4 is 10.6 Å². The molecule has 1 fully saturated rings. The van der Waals surface area contributed by atoms with E-state index in [4.69, 9.17) is 9.63 Å². The molecule has 1 aliphatic heterocycles. The maximum absolute atomic E-state index is 13.4. The van der Waals surface area contributed by atoms with Crippen molar-refractivity contribution >= 4 is 31.4 Å². The highest BCUT2D eigenvalue weighted by Crippen LogP contribution is 2.43. The van der Waals surface area contributed by atoms with E-state index in [0.29, 0.717) is 17.8 Å². The first kappa shape index (κ1) is 30.0. The molecular formula is C24H33N6O8P. The summed E-state index contributed by atoms with van der Waals surface area (Å²) in [5.41, 5.74) is 0.618. The van der Waals surface area contributed by atoms with Gasteiger partial charge in [-0.15, -0.1) is 5.06 Å². The third-order valence-corrected chi connectivity index (χ3v) is 7.22. The summed E-state index contributed by atoms with van der Waals surface area (Å²) in [6.45, 7) is 2.29. The third-order valence-electron chi connectivity index (χ3n) is 5.81. The predicted molar refractivity (Wildman–Crippen MR) is 141 cm³/mol. The fraction of sp³-hybridized carbons (Fsp3) is 0.458. The lowest BCUT2D eigenvalue weighted by atomic mass is 10.2. The molecule has 1 unspecified atom stereocenters. The zero-order chi connectivity index (χ0) is 28.4. The van der Waals surface area contributed by atoms with Gasteiger partial charge in [-0.2, -0.15) is 0 Å². The Morgan fingerprint density at radius 1 is 1.13 bits per heavy atom. The second-order valence-electron chi connectivity index (χ2n) is 8.72. The van der Waals surface area contributed by atoms with Crippen molar-refractivity contribution < 1.29 is 38.3 Å². The van der Waals surface area contributed by atoms with Crippen molar-refractivity contribution in [3.8, 4) is 11.4 Å². The molecular weight excluding hydrogens is 531 g/mol. The lowest BCUT2D eigenvalue weighted by molar-refractivity contribution is -0.154. The van der Waals surface area contributed by atoms with Crippen LogP contribution in [0.25, 0.3) is 11.4 Å². The van der Waals surface area contributed by atoms with Crippen LogP contribution in [-0.2, 0) is 18.7 Å². The molecule has 2 heterocycles. The van der Waals surface area contributed by atoms with Crippen LogP contribution in [0.1, 0.15) is 30.3 Å². The summed E-state index contributed by atoms with van der Waals surface area (Å²) in [5, 5.41) is 15.4. The van der Waals surface area contributed by atoms with Crippen molar-refractivity contribution in [2.45, 2.75) is 25.8 Å². The molecule has 0 aliphatic carbocycles. The number of unbranched alkanes of at least 4 members (excludes halogenated alkanes) is 1. The standard InChI is InChI=1S/C24H33N6O8P/c1-3-4-14-37-39(35,36)16-19(23(32)29-10-12-30(13-11-29)38-24(33)34)27-22(31)18-15-20(25-2)28-21(26-18)17-8-6-5-7-9-17/h5-9,15,19H,3-4,10-14,16H2,1-2H3,(H,27,31)(H,33,34)(H,35,36)(H,25,26,28)/t19-/m0/s1. The topological polar surface area (TPSA) is 184 Å². The van der Waals surface area contributed by atoms with Gasteiger partial charge in [0.2, 0.25) is 5.91 Å². The van der Waals surface area contributed by atoms with E-state index in [-0.39, 0.29) is 44.3 Å². The molecule has 3 rings (SSSR count). The number of carboxylic acid groups (broad SMARTS) is 1. The van der Waals surface area contributed by atoms with Crippen LogP contribution in [0.2, 0.25) is 0 Å². The minimum atomic E-state index is -4.25. The van der Waals surface area contributed by atoms with Crippen molar-refractivity contribution in [3.05, 3.63) is 42.1 Å². The molecule has 0 spiro atoms. The molecule has 2 aromatic rings. The van der Waals surface area contributed by atoms with Crippen molar-refractivity contribution in [2.75, 3.05) is 51.3 Å². The summed E-state index contributed by atoms with van der Waals surface area (Å²) in [4.78, 5) is 62.7. The number of hydrogen-bond donors (Lipinski definition) is 4. The molecule has 14 nitrogen and oxygen atoms in total. The van der Waals surface area contributed by atoms with Crippen molar-refractivity contribution in [3.63, 3.8) is 0 Å². The largest absolute Gasteiger partial charge is 0.525 e. The molecule has 15 heteroatoms. The molecule has 1 aromatic heterocycles. The zero-order valence-electron chi connectivity index (χ0n) is 21.8. The van der Waals surface area contributed by atoms with Gasteiger partial charge in [0.15, 0.2) is 5.82 Å². The number of nitrogens with one attached hydrogen (secondary N) is 2. The number of benzene rings is 1. The number of anilines is 1. The van der Waals surface area contributed by atoms with Gasteiger partial charge in [-0.3, -0.25) is 14.2 Å². The van der Waals surface area contributed by atoms with Crippen LogP contribution in [0.3, 0.4) is 0 Å². The molecule has 1 saturated heterocycles. The average Bonchev–Trinajstić information content (AvgIpc) is 2.92. The van der Waals surface area contributed by atoms with Gasteiger partial charge in [0, 0.05) is 31.8 Å². The molecule has 0 bridgehead atoms. The second kappa shape index (κ2) is 14.0. The van der Waals surface area contributed by atoms with E-state index < -0.39 is 37.8 Å². The Balaban J connectivity index is 1.82. The van der Waals surface area contributed by atoms with E-state index in [2.05, 4.69) is 25.4 Å². The molecule has 212 valence electrons. The van der Waals surface area contributed by atoms with Gasteiger partial charge in [-0.25, -0.2) is 14.8 Å². The first-order valence-electron chi connectivity index (χ1n) is 12.5. The molecule has 39 heavy (non-hydrogen) atoms. The Bertz CT molecular complexity index is 1190. The summed E-state index contributed by atoms with van der Waals surface area (Å²) in [6.07, 6.45) is -0.821. The summed E-state index contributed by atoms with van der Waals surface area (Å²) in [7, 11) is -2.62. The number of aromatic nitrogens is 2. The fourth-order valence-electron chi connectivity index (χ4n) is 3.79. The zero-order valence-corrected chi connectivity index (χ0v) is 22.7. The highest BCUT2D eigenvalue weighted by Gasteiger charge is 2.36. The average molecular weight is 565 g/mol. The number of hydroxylamine groups is 2. The first-order valence-corrected chi connectivity index (χ1v) is 14.2. The van der Waals surface area contributed by atoms with Gasteiger partial charge in [0.05, 0.1) is 25.9 Å². The number of amides is 2. The fourth-order valence-corrected chi connectivity index (χ4v) is 5.02. The van der Waals surface area contributed by atoms with Gasteiger partial charge >= 0.3 is 13.8 Å². The van der Waals surface area contributed by atoms with E-state index in [1.807, 2.05) is 13.0 Å². The molecule has 1 aliphatic rings. The van der Waals surface area contributed by atoms with Crippen molar-refractivity contribution in [1.29, 1.82) is 0 Å². The number of rotatable bonds is 12. The maximum Gasteiger partial charge on any atom is 0.525 e. The number of carbonyl (C=O) groups is 3. The molecule has 1 aromatic carbocycles. The first-order chi connectivity index (χ1) is 18.6. The van der Waals surface area contributed by atoms with Crippen LogP contribution in [0.5, 0.6) is 0 Å². The molecule has 0 saturated carbocycles. The van der Waals surface area contributed by atoms with E-state index in [9.17, 15) is 23.8 Å². The Morgan fingerprint density at radius 2 is 1.82 bits per heavy atom. The predicted octanol–water partition coefficient (Wildman–Crippen LogP) is 2.04. The minimum Gasteiger partial charge on any atom is -0.448 e. The van der Waals surface area contributed by atoms with Crippen LogP contribution in [0.4, 0.5) is 10.6 Å². The second-order valence-corrected chi connectivity index (χ2v) is 10.6. The minimum absolute atomic E-state index is 0.0300. The van der Waals surface area contributed by atoms with Gasteiger partial charge in [0.25, 0.3) is 5.91 Å².